The molecule has 3 amide bonds. The summed E-state index contributed by atoms with van der Waals surface area (Å²) in [5, 5.41) is 7.53. The average Bonchev–Trinajstić information content (AvgIpc) is 3.69. The number of amides is 3. The zero-order valence-corrected chi connectivity index (χ0v) is 26.7. The lowest BCUT2D eigenvalue weighted by Gasteiger charge is -2.20. The summed E-state index contributed by atoms with van der Waals surface area (Å²) in [7, 11) is 0. The Morgan fingerprint density at radius 1 is 1.04 bits per heavy atom. The first kappa shape index (κ1) is 34.5. The lowest BCUT2D eigenvalue weighted by Crippen LogP contribution is -2.41. The maximum Gasteiger partial charge on any atom is 0.499 e. The monoisotopic (exact) mass is 686 g/mol. The highest BCUT2D eigenvalue weighted by atomic mass is 32.2. The Morgan fingerprint density at radius 2 is 1.75 bits per heavy atom. The number of carbonyl (C=O) groups is 2. The number of nitrogens with zero attached hydrogens (tertiary/aromatic N) is 5. The van der Waals surface area contributed by atoms with Crippen LogP contribution in [-0.2, 0) is 11.2 Å². The molecular weight excluding hydrogens is 655 g/mol. The van der Waals surface area contributed by atoms with Crippen molar-refractivity contribution in [2.45, 2.75) is 51.3 Å². The second-order valence-corrected chi connectivity index (χ2v) is 11.9. The molecule has 1 aliphatic heterocycles. The van der Waals surface area contributed by atoms with Crippen LogP contribution >= 0.6 is 11.8 Å². The molecule has 48 heavy (non-hydrogen) atoms. The van der Waals surface area contributed by atoms with Crippen molar-refractivity contribution in [2.24, 2.45) is 4.99 Å². The highest BCUT2D eigenvalue weighted by Gasteiger charge is 2.61. The summed E-state index contributed by atoms with van der Waals surface area (Å²) in [6, 6.07) is 19.0. The van der Waals surface area contributed by atoms with Crippen molar-refractivity contribution in [3.8, 4) is 22.8 Å². The van der Waals surface area contributed by atoms with Crippen LogP contribution in [0.4, 0.5) is 32.4 Å². The minimum absolute atomic E-state index is 0.0806. The Morgan fingerprint density at radius 3 is 2.44 bits per heavy atom. The van der Waals surface area contributed by atoms with Gasteiger partial charge in [-0.05, 0) is 60.2 Å². The van der Waals surface area contributed by atoms with Crippen LogP contribution in [0, 0.1) is 0 Å². The number of nitrogens with one attached hydrogen (secondary N) is 1. The Hall–Kier alpha value is -4.79. The number of benzene rings is 3. The lowest BCUT2D eigenvalue weighted by molar-refractivity contribution is -0.360. The summed E-state index contributed by atoms with van der Waals surface area (Å²) in [6.07, 6.45) is -6.97. The molecule has 0 aliphatic carbocycles. The predicted molar refractivity (Wildman–Crippen MR) is 173 cm³/mol. The molecule has 0 bridgehead atoms. The second-order valence-electron chi connectivity index (χ2n) is 11.0. The van der Waals surface area contributed by atoms with Gasteiger partial charge in [-0.3, -0.25) is 9.69 Å². The predicted octanol–water partition coefficient (Wildman–Crippen LogP) is 7.76. The van der Waals surface area contributed by atoms with Gasteiger partial charge >= 0.3 is 18.3 Å². The van der Waals surface area contributed by atoms with Crippen molar-refractivity contribution >= 4 is 34.6 Å². The molecule has 4 aromatic rings. The van der Waals surface area contributed by atoms with Crippen molar-refractivity contribution in [2.75, 3.05) is 17.2 Å². The SMILES string of the molecule is CCCCc1ccccc1N1C(=O)CSC1=NC(=O)NCC(C)c1ccc(-c2ncn(-c3ccc(OC(F)(F)C(F)(F)F)cc3)n2)cc1. The third-order valence-electron chi connectivity index (χ3n) is 7.46. The number of urea groups is 1. The van der Waals surface area contributed by atoms with E-state index in [2.05, 4.69) is 32.1 Å². The van der Waals surface area contributed by atoms with E-state index < -0.39 is 24.1 Å². The summed E-state index contributed by atoms with van der Waals surface area (Å²) in [5.41, 5.74) is 3.75. The number of para-hydroxylation sites is 1. The largest absolute Gasteiger partial charge is 0.499 e. The molecule has 2 heterocycles. The van der Waals surface area contributed by atoms with Gasteiger partial charge in [0.05, 0.1) is 17.1 Å². The van der Waals surface area contributed by atoms with Crippen molar-refractivity contribution in [3.63, 3.8) is 0 Å². The molecule has 0 saturated carbocycles. The van der Waals surface area contributed by atoms with Gasteiger partial charge in [0.25, 0.3) is 0 Å². The molecule has 3 aromatic carbocycles. The van der Waals surface area contributed by atoms with E-state index in [9.17, 15) is 31.5 Å². The molecule has 1 atom stereocenters. The molecular formula is C33H31F5N6O3S. The van der Waals surface area contributed by atoms with Gasteiger partial charge in [-0.2, -0.15) is 26.9 Å². The number of halogens is 5. The molecule has 1 aromatic heterocycles. The Bertz CT molecular complexity index is 1780. The van der Waals surface area contributed by atoms with E-state index in [1.54, 1.807) is 12.1 Å². The summed E-state index contributed by atoms with van der Waals surface area (Å²) in [4.78, 5) is 35.6. The highest BCUT2D eigenvalue weighted by Crippen LogP contribution is 2.37. The summed E-state index contributed by atoms with van der Waals surface area (Å²) in [5.74, 6) is -0.302. The van der Waals surface area contributed by atoms with E-state index in [1.807, 2.05) is 43.3 Å². The van der Waals surface area contributed by atoms with Crippen molar-refractivity contribution < 1.29 is 36.3 Å². The molecule has 1 N–H and O–H groups in total. The first-order valence-electron chi connectivity index (χ1n) is 15.0. The molecule has 15 heteroatoms. The van der Waals surface area contributed by atoms with E-state index in [0.29, 0.717) is 28.8 Å². The van der Waals surface area contributed by atoms with Gasteiger partial charge in [-0.15, -0.1) is 5.10 Å². The van der Waals surface area contributed by atoms with Crippen LogP contribution in [0.2, 0.25) is 0 Å². The molecule has 0 radical (unpaired) electrons. The fourth-order valence-electron chi connectivity index (χ4n) is 4.83. The number of aliphatic imine (C=N–C) groups is 1. The first-order valence-corrected chi connectivity index (χ1v) is 16.0. The molecule has 0 spiro atoms. The maximum atomic E-state index is 13.2. The molecule has 5 rings (SSSR count). The van der Waals surface area contributed by atoms with Crippen molar-refractivity contribution in [1.82, 2.24) is 20.1 Å². The summed E-state index contributed by atoms with van der Waals surface area (Å²) >= 11 is 1.23. The summed E-state index contributed by atoms with van der Waals surface area (Å²) in [6.45, 7) is 4.34. The third kappa shape index (κ3) is 8.01. The van der Waals surface area contributed by atoms with Crippen LogP contribution in [0.5, 0.6) is 5.75 Å². The standard InChI is InChI=1S/C33H31F5N6O3S/c1-3-4-7-23-8-5-6-9-27(23)44-28(45)19-48-31(44)41-30(46)39-18-21(2)22-10-12-24(13-11-22)29-40-20-43(42-29)25-14-16-26(17-15-25)47-33(37,38)32(34,35)36/h5-6,8-17,20-21H,3-4,7,18-19H2,1-2H3,(H,39,46). The number of anilines is 1. The number of hydrogen-bond acceptors (Lipinski definition) is 6. The number of hydrogen-bond donors (Lipinski definition) is 1. The first-order chi connectivity index (χ1) is 22.9. The normalized spacial score (nSPS) is 15.2. The molecule has 1 saturated heterocycles. The number of rotatable bonds is 11. The van der Waals surface area contributed by atoms with E-state index in [0.717, 1.165) is 48.2 Å². The van der Waals surface area contributed by atoms with Gasteiger partial charge in [-0.25, -0.2) is 14.5 Å². The van der Waals surface area contributed by atoms with Gasteiger partial charge in [0, 0.05) is 12.1 Å². The van der Waals surface area contributed by atoms with Crippen molar-refractivity contribution in [1.29, 1.82) is 0 Å². The number of carbonyl (C=O) groups excluding carboxylic acids is 2. The molecule has 1 fully saturated rings. The van der Waals surface area contributed by atoms with Gasteiger partial charge in [-0.1, -0.05) is 74.5 Å². The number of aromatic nitrogens is 3. The minimum Gasteiger partial charge on any atom is -0.426 e. The zero-order chi connectivity index (χ0) is 34.5. The fraction of sp³-hybridized carbons (Fsp3) is 0.303. The lowest BCUT2D eigenvalue weighted by atomic mass is 10.00. The highest BCUT2D eigenvalue weighted by molar-refractivity contribution is 8.15. The van der Waals surface area contributed by atoms with Gasteiger partial charge in [0.1, 0.15) is 12.1 Å². The minimum atomic E-state index is -5.84. The van der Waals surface area contributed by atoms with Crippen LogP contribution < -0.4 is 15.0 Å². The smallest absolute Gasteiger partial charge is 0.426 e. The number of ether oxygens (including phenoxy) is 1. The number of thioether (sulfide) groups is 1. The molecule has 9 nitrogen and oxygen atoms in total. The molecule has 252 valence electrons. The third-order valence-corrected chi connectivity index (χ3v) is 8.38. The average molecular weight is 687 g/mol. The zero-order valence-electron chi connectivity index (χ0n) is 25.9. The van der Waals surface area contributed by atoms with E-state index in [4.69, 9.17) is 0 Å². The van der Waals surface area contributed by atoms with E-state index in [1.165, 1.54) is 39.8 Å². The van der Waals surface area contributed by atoms with Crippen LogP contribution in [0.3, 0.4) is 0 Å². The number of alkyl halides is 5. The number of aryl methyl sites for hydroxylation is 1. The Labute approximate surface area is 277 Å². The number of amidine groups is 1. The van der Waals surface area contributed by atoms with Crippen molar-refractivity contribution in [3.05, 3.63) is 90.3 Å². The quantitative estimate of drug-likeness (QED) is 0.162. The van der Waals surface area contributed by atoms with Gasteiger partial charge in [0.15, 0.2) is 11.0 Å². The topological polar surface area (TPSA) is 102 Å². The van der Waals surface area contributed by atoms with E-state index >= 15 is 0 Å². The van der Waals surface area contributed by atoms with Crippen LogP contribution in [0.15, 0.2) is 84.1 Å². The maximum absolute atomic E-state index is 13.2. The summed E-state index contributed by atoms with van der Waals surface area (Å²) < 4.78 is 68.7. The Balaban J connectivity index is 1.18. The molecule has 1 aliphatic rings. The van der Waals surface area contributed by atoms with E-state index in [-0.39, 0.29) is 17.6 Å². The fourth-order valence-corrected chi connectivity index (χ4v) is 5.69. The van der Waals surface area contributed by atoms with Gasteiger partial charge in [0.2, 0.25) is 5.91 Å². The second kappa shape index (κ2) is 14.5. The molecule has 1 unspecified atom stereocenters. The number of unbranched alkanes of at least 4 members (excludes halogenated alkanes) is 1. The van der Waals surface area contributed by atoms with Gasteiger partial charge < -0.3 is 10.1 Å². The van der Waals surface area contributed by atoms with Crippen LogP contribution in [0.25, 0.3) is 17.1 Å². The Kier molecular flexibility index (Phi) is 10.5. The van der Waals surface area contributed by atoms with Crippen LogP contribution in [0.1, 0.15) is 43.7 Å². The van der Waals surface area contributed by atoms with Crippen LogP contribution in [-0.4, -0.2) is 56.5 Å².